The van der Waals surface area contributed by atoms with Crippen molar-refractivity contribution in [2.24, 2.45) is 11.7 Å². The topological polar surface area (TPSA) is 35.2 Å². The minimum absolute atomic E-state index is 0.170. The lowest BCUT2D eigenvalue weighted by atomic mass is 9.81. The van der Waals surface area contributed by atoms with Gasteiger partial charge in [0.05, 0.1) is 6.61 Å². The number of para-hydroxylation sites is 1. The minimum atomic E-state index is 0.170. The first-order chi connectivity index (χ1) is 8.36. The molecule has 0 aromatic heterocycles. The van der Waals surface area contributed by atoms with Crippen molar-refractivity contribution in [1.82, 2.24) is 0 Å². The second-order valence-electron chi connectivity index (χ2n) is 5.36. The average molecular weight is 231 g/mol. The molecule has 2 nitrogen and oxygen atoms in total. The van der Waals surface area contributed by atoms with Crippen molar-refractivity contribution in [3.05, 3.63) is 29.3 Å². The van der Waals surface area contributed by atoms with E-state index in [9.17, 15) is 0 Å². The maximum atomic E-state index is 6.46. The molecule has 17 heavy (non-hydrogen) atoms. The maximum Gasteiger partial charge on any atom is 0.127 e. The molecule has 0 spiro atoms. The van der Waals surface area contributed by atoms with Crippen molar-refractivity contribution < 1.29 is 4.74 Å². The third kappa shape index (κ3) is 2.06. The van der Waals surface area contributed by atoms with Gasteiger partial charge in [-0.25, -0.2) is 0 Å². The van der Waals surface area contributed by atoms with E-state index in [0.29, 0.717) is 5.92 Å². The van der Waals surface area contributed by atoms with E-state index in [4.69, 9.17) is 10.5 Å². The fourth-order valence-corrected chi connectivity index (χ4v) is 3.25. The monoisotopic (exact) mass is 231 g/mol. The molecule has 1 aromatic rings. The van der Waals surface area contributed by atoms with E-state index in [2.05, 4.69) is 18.2 Å². The van der Waals surface area contributed by atoms with Crippen molar-refractivity contribution >= 4 is 0 Å². The molecule has 1 fully saturated rings. The highest BCUT2D eigenvalue weighted by Gasteiger charge is 2.26. The van der Waals surface area contributed by atoms with Crippen LogP contribution in [0.3, 0.4) is 0 Å². The molecule has 0 radical (unpaired) electrons. The Bertz CT molecular complexity index is 396. The number of ether oxygens (including phenoxy) is 1. The van der Waals surface area contributed by atoms with Crippen LogP contribution < -0.4 is 10.5 Å². The number of fused-ring (bicyclic) bond motifs is 1. The fourth-order valence-electron chi connectivity index (χ4n) is 3.25. The molecule has 2 heteroatoms. The van der Waals surface area contributed by atoms with E-state index in [1.807, 2.05) is 0 Å². The van der Waals surface area contributed by atoms with Gasteiger partial charge in [-0.1, -0.05) is 37.5 Å². The van der Waals surface area contributed by atoms with E-state index in [1.165, 1.54) is 43.2 Å². The van der Waals surface area contributed by atoms with E-state index in [1.54, 1.807) is 0 Å². The van der Waals surface area contributed by atoms with Gasteiger partial charge in [-0.05, 0) is 24.3 Å². The van der Waals surface area contributed by atoms with Crippen molar-refractivity contribution in [2.75, 3.05) is 6.61 Å². The summed E-state index contributed by atoms with van der Waals surface area (Å²) in [7, 11) is 0. The normalized spacial score (nSPS) is 21.9. The molecule has 0 amide bonds. The van der Waals surface area contributed by atoms with Crippen LogP contribution in [0.1, 0.15) is 49.3 Å². The summed E-state index contributed by atoms with van der Waals surface area (Å²) in [5, 5.41) is 0. The van der Waals surface area contributed by atoms with Gasteiger partial charge in [0, 0.05) is 18.0 Å². The zero-order chi connectivity index (χ0) is 11.7. The Hall–Kier alpha value is -1.02. The molecule has 3 rings (SSSR count). The lowest BCUT2D eigenvalue weighted by molar-refractivity contribution is 0.297. The average Bonchev–Trinajstić information content (AvgIpc) is 2.87. The van der Waals surface area contributed by atoms with Crippen LogP contribution in [0.5, 0.6) is 5.75 Å². The molecule has 1 aliphatic heterocycles. The molecular formula is C15H21NO. The van der Waals surface area contributed by atoms with Crippen molar-refractivity contribution in [1.29, 1.82) is 0 Å². The third-order valence-electron chi connectivity index (χ3n) is 4.26. The Morgan fingerprint density at radius 3 is 2.82 bits per heavy atom. The van der Waals surface area contributed by atoms with Crippen molar-refractivity contribution in [3.8, 4) is 5.75 Å². The van der Waals surface area contributed by atoms with Gasteiger partial charge in [-0.3, -0.25) is 0 Å². The fraction of sp³-hybridized carbons (Fsp3) is 0.600. The molecule has 0 bridgehead atoms. The summed E-state index contributed by atoms with van der Waals surface area (Å²) in [4.78, 5) is 0. The van der Waals surface area contributed by atoms with E-state index >= 15 is 0 Å². The Labute approximate surface area is 103 Å². The van der Waals surface area contributed by atoms with E-state index < -0.39 is 0 Å². The van der Waals surface area contributed by atoms with E-state index in [0.717, 1.165) is 18.8 Å². The Kier molecular flexibility index (Phi) is 3.06. The molecule has 1 aliphatic carbocycles. The molecule has 2 aliphatic rings. The van der Waals surface area contributed by atoms with Crippen molar-refractivity contribution in [3.63, 3.8) is 0 Å². The third-order valence-corrected chi connectivity index (χ3v) is 4.26. The largest absolute Gasteiger partial charge is 0.493 e. The van der Waals surface area contributed by atoms with Crippen LogP contribution in [0, 0.1) is 5.92 Å². The Morgan fingerprint density at radius 2 is 2.00 bits per heavy atom. The first kappa shape index (κ1) is 11.1. The predicted octanol–water partition coefficient (Wildman–Crippen LogP) is 3.20. The van der Waals surface area contributed by atoms with Gasteiger partial charge >= 0.3 is 0 Å². The van der Waals surface area contributed by atoms with Gasteiger partial charge in [0.2, 0.25) is 0 Å². The standard InChI is InChI=1S/C15H21NO/c16-14(11-5-2-1-3-6-11)13-8-4-7-12-9-10-17-15(12)13/h4,7-8,11,14H,1-3,5-6,9-10,16H2. The summed E-state index contributed by atoms with van der Waals surface area (Å²) in [5.74, 6) is 1.74. The zero-order valence-electron chi connectivity index (χ0n) is 10.3. The second kappa shape index (κ2) is 4.69. The summed E-state index contributed by atoms with van der Waals surface area (Å²) >= 11 is 0. The first-order valence-corrected chi connectivity index (χ1v) is 6.86. The van der Waals surface area contributed by atoms with Crippen LogP contribution in [-0.4, -0.2) is 6.61 Å². The summed E-state index contributed by atoms with van der Waals surface area (Å²) in [6.07, 6.45) is 7.67. The van der Waals surface area contributed by atoms with Gasteiger partial charge < -0.3 is 10.5 Å². The molecular weight excluding hydrogens is 210 g/mol. The summed E-state index contributed by atoms with van der Waals surface area (Å²) < 4.78 is 5.76. The molecule has 1 heterocycles. The summed E-state index contributed by atoms with van der Waals surface area (Å²) in [6.45, 7) is 0.823. The Morgan fingerprint density at radius 1 is 1.18 bits per heavy atom. The molecule has 1 aromatic carbocycles. The summed E-state index contributed by atoms with van der Waals surface area (Å²) in [5.41, 5.74) is 9.05. The highest BCUT2D eigenvalue weighted by Crippen LogP contribution is 2.39. The molecule has 1 saturated carbocycles. The number of rotatable bonds is 2. The number of hydrogen-bond acceptors (Lipinski definition) is 2. The lowest BCUT2D eigenvalue weighted by Crippen LogP contribution is -2.24. The zero-order valence-corrected chi connectivity index (χ0v) is 10.3. The van der Waals surface area contributed by atoms with Crippen LogP contribution in [0.25, 0.3) is 0 Å². The van der Waals surface area contributed by atoms with Gasteiger partial charge in [0.15, 0.2) is 0 Å². The smallest absolute Gasteiger partial charge is 0.127 e. The number of nitrogens with two attached hydrogens (primary N) is 1. The van der Waals surface area contributed by atoms with E-state index in [-0.39, 0.29) is 6.04 Å². The molecule has 0 saturated heterocycles. The van der Waals surface area contributed by atoms with Crippen molar-refractivity contribution in [2.45, 2.75) is 44.6 Å². The van der Waals surface area contributed by atoms with Gasteiger partial charge in [0.25, 0.3) is 0 Å². The predicted molar refractivity (Wildman–Crippen MR) is 69.1 cm³/mol. The Balaban J connectivity index is 1.85. The maximum absolute atomic E-state index is 6.46. The highest BCUT2D eigenvalue weighted by molar-refractivity contribution is 5.45. The van der Waals surface area contributed by atoms with Crippen LogP contribution in [-0.2, 0) is 6.42 Å². The highest BCUT2D eigenvalue weighted by atomic mass is 16.5. The molecule has 2 N–H and O–H groups in total. The first-order valence-electron chi connectivity index (χ1n) is 6.86. The minimum Gasteiger partial charge on any atom is -0.493 e. The lowest BCUT2D eigenvalue weighted by Gasteiger charge is -2.28. The van der Waals surface area contributed by atoms with Gasteiger partial charge in [-0.2, -0.15) is 0 Å². The van der Waals surface area contributed by atoms with Crippen LogP contribution in [0.4, 0.5) is 0 Å². The molecule has 1 atom stereocenters. The van der Waals surface area contributed by atoms with Gasteiger partial charge in [-0.15, -0.1) is 0 Å². The molecule has 92 valence electrons. The van der Waals surface area contributed by atoms with Gasteiger partial charge in [0.1, 0.15) is 5.75 Å². The van der Waals surface area contributed by atoms with Crippen LogP contribution >= 0.6 is 0 Å². The van der Waals surface area contributed by atoms with Crippen LogP contribution in [0.2, 0.25) is 0 Å². The second-order valence-corrected chi connectivity index (χ2v) is 5.36. The SMILES string of the molecule is NC(c1cccc2c1OCC2)C1CCCCC1. The quantitative estimate of drug-likeness (QED) is 0.848. The summed E-state index contributed by atoms with van der Waals surface area (Å²) in [6, 6.07) is 6.62. The number of hydrogen-bond donors (Lipinski definition) is 1. The van der Waals surface area contributed by atoms with Crippen LogP contribution in [0.15, 0.2) is 18.2 Å². The number of benzene rings is 1. The molecule has 1 unspecified atom stereocenters.